The Morgan fingerprint density at radius 3 is 2.59 bits per heavy atom. The first-order valence-electron chi connectivity index (χ1n) is 10.6. The molecule has 0 spiro atoms. The van der Waals surface area contributed by atoms with Gasteiger partial charge in [0.05, 0.1) is 11.9 Å². The molecule has 1 heterocycles. The molecule has 172 valence electrons. The third-order valence-corrected chi connectivity index (χ3v) is 5.31. The van der Waals surface area contributed by atoms with Gasteiger partial charge >= 0.3 is 0 Å². The number of anilines is 1. The molecular formula is C26H24ClN5O2. The normalized spacial score (nSPS) is 10.9. The summed E-state index contributed by atoms with van der Waals surface area (Å²) in [7, 11) is 3.96. The van der Waals surface area contributed by atoms with Gasteiger partial charge in [-0.05, 0) is 53.6 Å². The van der Waals surface area contributed by atoms with Crippen LogP contribution in [0.2, 0.25) is 5.02 Å². The maximum atomic E-state index is 12.4. The molecule has 34 heavy (non-hydrogen) atoms. The Hall–Kier alpha value is -4.10. The van der Waals surface area contributed by atoms with Crippen molar-refractivity contribution in [2.24, 2.45) is 5.10 Å². The van der Waals surface area contributed by atoms with E-state index in [0.29, 0.717) is 28.8 Å². The molecule has 0 bridgehead atoms. The van der Waals surface area contributed by atoms with E-state index in [4.69, 9.17) is 16.3 Å². The van der Waals surface area contributed by atoms with Crippen molar-refractivity contribution < 1.29 is 9.53 Å². The zero-order chi connectivity index (χ0) is 23.9. The number of hydrazone groups is 1. The van der Waals surface area contributed by atoms with Gasteiger partial charge < -0.3 is 9.64 Å². The smallest absolute Gasteiger partial charge is 0.289 e. The number of carbonyl (C=O) groups is 1. The molecule has 4 aromatic rings. The summed E-state index contributed by atoms with van der Waals surface area (Å²) in [5.74, 6) is 0.321. The number of hydrogen-bond donors (Lipinski definition) is 2. The number of amides is 1. The highest BCUT2D eigenvalue weighted by Gasteiger charge is 2.11. The number of H-pyrrole nitrogens is 1. The van der Waals surface area contributed by atoms with Gasteiger partial charge in [-0.25, -0.2) is 5.43 Å². The summed E-state index contributed by atoms with van der Waals surface area (Å²) in [6.07, 6.45) is 1.59. The lowest BCUT2D eigenvalue weighted by atomic mass is 10.1. The van der Waals surface area contributed by atoms with Gasteiger partial charge in [0, 0.05) is 30.4 Å². The highest BCUT2D eigenvalue weighted by Crippen LogP contribution is 2.24. The van der Waals surface area contributed by atoms with Gasteiger partial charge in [-0.15, -0.1) is 0 Å². The Balaban J connectivity index is 1.36. The Morgan fingerprint density at radius 1 is 1.09 bits per heavy atom. The third kappa shape index (κ3) is 6.02. The number of carbonyl (C=O) groups excluding carboxylic acids is 1. The largest absolute Gasteiger partial charge is 0.489 e. The highest BCUT2D eigenvalue weighted by molar-refractivity contribution is 6.30. The van der Waals surface area contributed by atoms with Crippen LogP contribution in [-0.4, -0.2) is 36.4 Å². The maximum Gasteiger partial charge on any atom is 0.289 e. The molecule has 8 heteroatoms. The fraction of sp³-hybridized carbons (Fsp3) is 0.115. The number of benzene rings is 3. The predicted molar refractivity (Wildman–Crippen MR) is 136 cm³/mol. The topological polar surface area (TPSA) is 82.6 Å². The van der Waals surface area contributed by atoms with Crippen LogP contribution in [0, 0.1) is 0 Å². The molecule has 0 radical (unpaired) electrons. The summed E-state index contributed by atoms with van der Waals surface area (Å²) in [6.45, 7) is 0.421. The molecule has 1 amide bonds. The first-order chi connectivity index (χ1) is 16.5. The van der Waals surface area contributed by atoms with E-state index in [0.717, 1.165) is 22.4 Å². The molecule has 0 saturated heterocycles. The van der Waals surface area contributed by atoms with Crippen LogP contribution in [0.15, 0.2) is 84.0 Å². The van der Waals surface area contributed by atoms with E-state index < -0.39 is 0 Å². The van der Waals surface area contributed by atoms with E-state index in [1.165, 1.54) is 0 Å². The molecule has 0 saturated carbocycles. The molecule has 2 N–H and O–H groups in total. The average molecular weight is 474 g/mol. The summed E-state index contributed by atoms with van der Waals surface area (Å²) in [5, 5.41) is 11.7. The molecule has 0 aliphatic rings. The SMILES string of the molecule is CN(C)c1ccc(C=NNC(=O)c2cc(-c3cccc(OCc4ccc(Cl)cc4)c3)n[nH]2)cc1. The fourth-order valence-corrected chi connectivity index (χ4v) is 3.29. The second-order valence-electron chi connectivity index (χ2n) is 7.79. The Bertz CT molecular complexity index is 1280. The average Bonchev–Trinajstić information content (AvgIpc) is 3.35. The molecule has 0 unspecified atom stereocenters. The highest BCUT2D eigenvalue weighted by atomic mass is 35.5. The molecule has 0 aliphatic heterocycles. The van der Waals surface area contributed by atoms with Crippen LogP contribution in [0.5, 0.6) is 5.75 Å². The van der Waals surface area contributed by atoms with Crippen LogP contribution >= 0.6 is 11.6 Å². The number of rotatable bonds is 8. The second-order valence-corrected chi connectivity index (χ2v) is 8.23. The Kier molecular flexibility index (Phi) is 7.25. The van der Waals surface area contributed by atoms with Crippen molar-refractivity contribution in [3.63, 3.8) is 0 Å². The monoisotopic (exact) mass is 473 g/mol. The van der Waals surface area contributed by atoms with E-state index in [9.17, 15) is 4.79 Å². The lowest BCUT2D eigenvalue weighted by Crippen LogP contribution is -2.18. The van der Waals surface area contributed by atoms with Gasteiger partial charge in [-0.2, -0.15) is 10.2 Å². The first kappa shape index (κ1) is 23.1. The maximum absolute atomic E-state index is 12.4. The number of aromatic nitrogens is 2. The number of nitrogens with zero attached hydrogens (tertiary/aromatic N) is 3. The van der Waals surface area contributed by atoms with Crippen molar-refractivity contribution in [3.05, 3.63) is 101 Å². The first-order valence-corrected chi connectivity index (χ1v) is 11.0. The summed E-state index contributed by atoms with van der Waals surface area (Å²) in [6, 6.07) is 24.6. The zero-order valence-electron chi connectivity index (χ0n) is 18.8. The lowest BCUT2D eigenvalue weighted by molar-refractivity contribution is 0.0950. The number of halogens is 1. The van der Waals surface area contributed by atoms with Crippen molar-refractivity contribution in [1.29, 1.82) is 0 Å². The van der Waals surface area contributed by atoms with Gasteiger partial charge in [-0.1, -0.05) is 48.0 Å². The number of hydrogen-bond acceptors (Lipinski definition) is 5. The fourth-order valence-electron chi connectivity index (χ4n) is 3.16. The lowest BCUT2D eigenvalue weighted by Gasteiger charge is -2.11. The standard InChI is InChI=1S/C26H24ClN5O2/c1-32(2)22-12-8-18(9-13-22)16-28-31-26(33)25-15-24(29-30-25)20-4-3-5-23(14-20)34-17-19-6-10-21(27)11-7-19/h3-16H,17H2,1-2H3,(H,29,30)(H,31,33). The van der Waals surface area contributed by atoms with Crippen LogP contribution in [0.4, 0.5) is 5.69 Å². The molecule has 7 nitrogen and oxygen atoms in total. The van der Waals surface area contributed by atoms with Crippen molar-refractivity contribution in [1.82, 2.24) is 15.6 Å². The minimum atomic E-state index is -0.380. The Labute approximate surface area is 203 Å². The van der Waals surface area contributed by atoms with Gasteiger partial charge in [-0.3, -0.25) is 9.89 Å². The molecule has 1 aromatic heterocycles. The van der Waals surface area contributed by atoms with E-state index in [2.05, 4.69) is 20.7 Å². The van der Waals surface area contributed by atoms with Gasteiger partial charge in [0.25, 0.3) is 5.91 Å². The molecule has 0 fully saturated rings. The van der Waals surface area contributed by atoms with Gasteiger partial charge in [0.1, 0.15) is 18.1 Å². The zero-order valence-corrected chi connectivity index (χ0v) is 19.6. The number of ether oxygens (including phenoxy) is 1. The summed E-state index contributed by atoms with van der Waals surface area (Å²) >= 11 is 5.92. The molecule has 0 atom stereocenters. The third-order valence-electron chi connectivity index (χ3n) is 5.06. The van der Waals surface area contributed by atoms with Crippen LogP contribution < -0.4 is 15.1 Å². The molecule has 0 aliphatic carbocycles. The number of aromatic amines is 1. The molecule has 4 rings (SSSR count). The number of nitrogens with one attached hydrogen (secondary N) is 2. The van der Waals surface area contributed by atoms with Crippen LogP contribution in [0.25, 0.3) is 11.3 Å². The van der Waals surface area contributed by atoms with Crippen molar-refractivity contribution in [2.75, 3.05) is 19.0 Å². The van der Waals surface area contributed by atoms with E-state index in [1.807, 2.05) is 91.8 Å². The van der Waals surface area contributed by atoms with Crippen LogP contribution in [0.1, 0.15) is 21.6 Å². The minimum Gasteiger partial charge on any atom is -0.489 e. The second kappa shape index (κ2) is 10.7. The minimum absolute atomic E-state index is 0.308. The molecular weight excluding hydrogens is 450 g/mol. The quantitative estimate of drug-likeness (QED) is 0.274. The van der Waals surface area contributed by atoms with Crippen molar-refractivity contribution in [2.45, 2.75) is 6.61 Å². The van der Waals surface area contributed by atoms with E-state index in [1.54, 1.807) is 12.3 Å². The van der Waals surface area contributed by atoms with E-state index >= 15 is 0 Å². The summed E-state index contributed by atoms with van der Waals surface area (Å²) in [4.78, 5) is 14.5. The van der Waals surface area contributed by atoms with Crippen LogP contribution in [-0.2, 0) is 6.61 Å². The predicted octanol–water partition coefficient (Wildman–Crippen LogP) is 5.14. The van der Waals surface area contributed by atoms with Crippen LogP contribution in [0.3, 0.4) is 0 Å². The van der Waals surface area contributed by atoms with Gasteiger partial charge in [0.2, 0.25) is 0 Å². The summed E-state index contributed by atoms with van der Waals surface area (Å²) in [5.41, 5.74) is 7.27. The van der Waals surface area contributed by atoms with Gasteiger partial charge in [0.15, 0.2) is 0 Å². The van der Waals surface area contributed by atoms with E-state index in [-0.39, 0.29) is 5.91 Å². The molecule has 3 aromatic carbocycles. The van der Waals surface area contributed by atoms with Crippen molar-refractivity contribution in [3.8, 4) is 17.0 Å². The summed E-state index contributed by atoms with van der Waals surface area (Å²) < 4.78 is 5.88. The Morgan fingerprint density at radius 2 is 1.85 bits per heavy atom. The van der Waals surface area contributed by atoms with Crippen molar-refractivity contribution >= 4 is 29.4 Å².